The molecular weight excluding hydrogens is 352 g/mol. The van der Waals surface area contributed by atoms with Crippen molar-refractivity contribution in [2.45, 2.75) is 0 Å². The maximum absolute atomic E-state index is 14.0. The molecule has 0 saturated heterocycles. The number of benzene rings is 3. The highest BCUT2D eigenvalue weighted by Crippen LogP contribution is 2.44. The molecule has 0 atom stereocenters. The fraction of sp³-hybridized carbons (Fsp3) is 0. The molecule has 0 heterocycles. The van der Waals surface area contributed by atoms with E-state index >= 15 is 0 Å². The van der Waals surface area contributed by atoms with Gasteiger partial charge in [0.05, 0.1) is 10.8 Å². The minimum Gasteiger partial charge on any atom is -0.504 e. The van der Waals surface area contributed by atoms with Gasteiger partial charge < -0.3 is 10.2 Å². The fourth-order valence-electron chi connectivity index (χ4n) is 2.41. The van der Waals surface area contributed by atoms with E-state index in [2.05, 4.69) is 0 Å². The van der Waals surface area contributed by atoms with Gasteiger partial charge in [0, 0.05) is 10.8 Å². The monoisotopic (exact) mass is 354 g/mol. The molecule has 2 nitrogen and oxygen atoms in total. The lowest BCUT2D eigenvalue weighted by atomic mass is 9.97. The highest BCUT2D eigenvalue weighted by Gasteiger charge is 2.32. The van der Waals surface area contributed by atoms with Crippen molar-refractivity contribution in [3.63, 3.8) is 0 Å². The smallest absolute Gasteiger partial charge is 0.204 e. The first-order valence-electron chi connectivity index (χ1n) is 5.96. The van der Waals surface area contributed by atoms with Gasteiger partial charge in [-0.2, -0.15) is 8.78 Å². The molecule has 0 aromatic heterocycles. The van der Waals surface area contributed by atoms with Gasteiger partial charge >= 0.3 is 0 Å². The van der Waals surface area contributed by atoms with Gasteiger partial charge in [-0.15, -0.1) is 0 Å². The number of hydrogen-bond acceptors (Lipinski definition) is 2. The zero-order valence-corrected chi connectivity index (χ0v) is 10.9. The molecule has 0 radical (unpaired) electrons. The number of rotatable bonds is 0. The normalized spacial score (nSPS) is 11.7. The van der Waals surface area contributed by atoms with E-state index in [-0.39, 0.29) is 0 Å². The molecule has 126 valence electrons. The topological polar surface area (TPSA) is 40.5 Å². The van der Waals surface area contributed by atoms with E-state index in [9.17, 15) is 45.3 Å². The van der Waals surface area contributed by atoms with Crippen LogP contribution >= 0.6 is 0 Å². The van der Waals surface area contributed by atoms with Crippen molar-refractivity contribution in [1.82, 2.24) is 0 Å². The number of phenolic OH excluding ortho intramolecular Hbond substituents is 2. The predicted octanol–water partition coefficient (Wildman–Crippen LogP) is 4.52. The third-order valence-electron chi connectivity index (χ3n) is 3.48. The summed E-state index contributed by atoms with van der Waals surface area (Å²) in [5, 5.41) is 12.3. The van der Waals surface area contributed by atoms with E-state index in [1.807, 2.05) is 0 Å². The SMILES string of the molecule is Oc1c(F)c(F)c(F)c2c1c(F)c(F)c1c(O)c(F)c(F)c(F)c12. The Morgan fingerprint density at radius 1 is 0.333 bits per heavy atom. The first-order valence-corrected chi connectivity index (χ1v) is 5.96. The molecule has 3 aromatic rings. The van der Waals surface area contributed by atoms with Crippen LogP contribution in [0.4, 0.5) is 35.1 Å². The molecule has 0 aliphatic heterocycles. The molecule has 0 aliphatic carbocycles. The van der Waals surface area contributed by atoms with Crippen LogP contribution in [-0.4, -0.2) is 10.2 Å². The molecule has 0 fully saturated rings. The van der Waals surface area contributed by atoms with E-state index in [0.29, 0.717) is 0 Å². The van der Waals surface area contributed by atoms with E-state index in [0.717, 1.165) is 0 Å². The average molecular weight is 354 g/mol. The molecule has 0 aliphatic rings. The number of halogens is 8. The van der Waals surface area contributed by atoms with Crippen LogP contribution in [0.5, 0.6) is 11.5 Å². The minimum absolute atomic E-state index is 1.60. The van der Waals surface area contributed by atoms with E-state index < -0.39 is 79.6 Å². The maximum atomic E-state index is 14.0. The molecule has 3 aromatic carbocycles. The van der Waals surface area contributed by atoms with Crippen LogP contribution in [0.25, 0.3) is 21.5 Å². The Kier molecular flexibility index (Phi) is 3.26. The summed E-state index contributed by atoms with van der Waals surface area (Å²) in [7, 11) is 0. The van der Waals surface area contributed by atoms with Crippen molar-refractivity contribution in [3.8, 4) is 11.5 Å². The molecule has 2 N–H and O–H groups in total. The Hall–Kier alpha value is -2.78. The lowest BCUT2D eigenvalue weighted by Crippen LogP contribution is -2.03. The van der Waals surface area contributed by atoms with E-state index in [1.165, 1.54) is 0 Å². The maximum Gasteiger partial charge on any atom is 0.204 e. The fourth-order valence-corrected chi connectivity index (χ4v) is 2.41. The van der Waals surface area contributed by atoms with E-state index in [1.54, 1.807) is 0 Å². The van der Waals surface area contributed by atoms with Gasteiger partial charge in [0.15, 0.2) is 46.4 Å². The third kappa shape index (κ3) is 1.70. The molecule has 0 bridgehead atoms. The second-order valence-corrected chi connectivity index (χ2v) is 4.71. The predicted molar refractivity (Wildman–Crippen MR) is 64.4 cm³/mol. The number of phenols is 2. The first-order chi connectivity index (χ1) is 11.1. The standard InChI is InChI=1S/C14H2F8O2/c15-5-1-2-4(14(24)12(22)10(20)6(2)16)8(18)7(17)3(1)13(23)11(21)9(5)19/h23-24H. The Bertz CT molecular complexity index is 976. The van der Waals surface area contributed by atoms with Gasteiger partial charge in [0.2, 0.25) is 11.6 Å². The third-order valence-corrected chi connectivity index (χ3v) is 3.48. The summed E-state index contributed by atoms with van der Waals surface area (Å²) in [6, 6.07) is 0. The summed E-state index contributed by atoms with van der Waals surface area (Å²) in [4.78, 5) is 0. The molecule has 0 saturated carbocycles. The van der Waals surface area contributed by atoms with Crippen LogP contribution in [0.1, 0.15) is 0 Å². The van der Waals surface area contributed by atoms with Gasteiger partial charge in [-0.3, -0.25) is 0 Å². The van der Waals surface area contributed by atoms with Crippen molar-refractivity contribution < 1.29 is 45.3 Å². The van der Waals surface area contributed by atoms with Gasteiger partial charge in [0.25, 0.3) is 0 Å². The first kappa shape index (κ1) is 16.1. The average Bonchev–Trinajstić information content (AvgIpc) is 2.56. The Morgan fingerprint density at radius 3 is 0.875 bits per heavy atom. The van der Waals surface area contributed by atoms with Gasteiger partial charge in [-0.1, -0.05) is 0 Å². The second-order valence-electron chi connectivity index (χ2n) is 4.71. The summed E-state index contributed by atoms with van der Waals surface area (Å²) < 4.78 is 109. The van der Waals surface area contributed by atoms with Crippen LogP contribution < -0.4 is 0 Å². The molecule has 0 spiro atoms. The van der Waals surface area contributed by atoms with Crippen molar-refractivity contribution >= 4 is 21.5 Å². The number of hydrogen-bond donors (Lipinski definition) is 2. The summed E-state index contributed by atoms with van der Waals surface area (Å²) in [6.07, 6.45) is 0. The van der Waals surface area contributed by atoms with Crippen LogP contribution in [0.2, 0.25) is 0 Å². The molecule has 10 heteroatoms. The van der Waals surface area contributed by atoms with Crippen LogP contribution in [0, 0.1) is 46.5 Å². The van der Waals surface area contributed by atoms with Crippen molar-refractivity contribution in [2.75, 3.05) is 0 Å². The highest BCUT2D eigenvalue weighted by molar-refractivity contribution is 6.12. The Morgan fingerprint density at radius 2 is 0.583 bits per heavy atom. The van der Waals surface area contributed by atoms with Crippen molar-refractivity contribution in [1.29, 1.82) is 0 Å². The zero-order chi connectivity index (χ0) is 18.1. The van der Waals surface area contributed by atoms with Crippen molar-refractivity contribution in [2.24, 2.45) is 0 Å². The van der Waals surface area contributed by atoms with Gasteiger partial charge in [-0.05, 0) is 0 Å². The summed E-state index contributed by atoms with van der Waals surface area (Å²) in [6.45, 7) is 0. The molecular formula is C14H2F8O2. The summed E-state index contributed by atoms with van der Waals surface area (Å²) >= 11 is 0. The largest absolute Gasteiger partial charge is 0.504 e. The van der Waals surface area contributed by atoms with Crippen LogP contribution in [0.15, 0.2) is 0 Å². The lowest BCUT2D eigenvalue weighted by molar-refractivity contribution is 0.387. The Balaban J connectivity index is 2.87. The zero-order valence-electron chi connectivity index (χ0n) is 10.9. The Labute approximate surface area is 126 Å². The lowest BCUT2D eigenvalue weighted by Gasteiger charge is -2.13. The minimum atomic E-state index is -2.39. The second kappa shape index (κ2) is 4.86. The quantitative estimate of drug-likeness (QED) is 0.354. The summed E-state index contributed by atoms with van der Waals surface area (Å²) in [5.41, 5.74) is 0. The van der Waals surface area contributed by atoms with Crippen LogP contribution in [0.3, 0.4) is 0 Å². The molecule has 24 heavy (non-hydrogen) atoms. The highest BCUT2D eigenvalue weighted by atomic mass is 19.2. The number of fused-ring (bicyclic) bond motifs is 3. The number of aromatic hydroxyl groups is 2. The van der Waals surface area contributed by atoms with Crippen LogP contribution in [-0.2, 0) is 0 Å². The van der Waals surface area contributed by atoms with Gasteiger partial charge in [0.1, 0.15) is 0 Å². The molecule has 0 amide bonds. The summed E-state index contributed by atoms with van der Waals surface area (Å²) in [5.74, 6) is -22.3. The van der Waals surface area contributed by atoms with Gasteiger partial charge in [-0.25, -0.2) is 26.3 Å². The molecule has 0 unspecified atom stereocenters. The van der Waals surface area contributed by atoms with E-state index in [4.69, 9.17) is 0 Å². The van der Waals surface area contributed by atoms with Crippen molar-refractivity contribution in [3.05, 3.63) is 46.5 Å². The molecule has 3 rings (SSSR count).